The summed E-state index contributed by atoms with van der Waals surface area (Å²) in [5.74, 6) is 2.58. The summed E-state index contributed by atoms with van der Waals surface area (Å²) < 4.78 is 27.4. The average molecular weight is 363 g/mol. The van der Waals surface area contributed by atoms with Crippen LogP contribution in [0.4, 0.5) is 0 Å². The van der Waals surface area contributed by atoms with Gasteiger partial charge in [0.2, 0.25) is 17.5 Å². The van der Waals surface area contributed by atoms with Crippen molar-refractivity contribution in [2.24, 2.45) is 0 Å². The van der Waals surface area contributed by atoms with Gasteiger partial charge < -0.3 is 23.5 Å². The standard InChI is InChI=1S/C18H25N3O5/c1-11-8-21(9-12(2)25-11)10-15-19-18(20-26-15)13-6-7-14(22-3)17(24-5)16(13)23-4/h6-7,11-12H,8-10H2,1-5H3. The monoisotopic (exact) mass is 363 g/mol. The Morgan fingerprint density at radius 3 is 2.35 bits per heavy atom. The smallest absolute Gasteiger partial charge is 0.241 e. The van der Waals surface area contributed by atoms with E-state index in [0.717, 1.165) is 13.1 Å². The Morgan fingerprint density at radius 1 is 1.04 bits per heavy atom. The average Bonchev–Trinajstić information content (AvgIpc) is 3.07. The second-order valence-corrected chi connectivity index (χ2v) is 6.35. The van der Waals surface area contributed by atoms with E-state index in [-0.39, 0.29) is 12.2 Å². The van der Waals surface area contributed by atoms with Crippen molar-refractivity contribution in [3.05, 3.63) is 18.0 Å². The van der Waals surface area contributed by atoms with E-state index in [1.165, 1.54) is 0 Å². The van der Waals surface area contributed by atoms with Gasteiger partial charge >= 0.3 is 0 Å². The van der Waals surface area contributed by atoms with Crippen molar-refractivity contribution < 1.29 is 23.5 Å². The number of aromatic nitrogens is 2. The highest BCUT2D eigenvalue weighted by Gasteiger charge is 2.25. The number of hydrogen-bond acceptors (Lipinski definition) is 8. The Kier molecular flexibility index (Phi) is 5.63. The fraction of sp³-hybridized carbons (Fsp3) is 0.556. The van der Waals surface area contributed by atoms with Gasteiger partial charge in [0.1, 0.15) is 0 Å². The van der Waals surface area contributed by atoms with Crippen LogP contribution in [-0.2, 0) is 11.3 Å². The van der Waals surface area contributed by atoms with Crippen LogP contribution in [0.2, 0.25) is 0 Å². The third-order valence-corrected chi connectivity index (χ3v) is 4.27. The lowest BCUT2D eigenvalue weighted by atomic mass is 10.1. The molecule has 1 aromatic heterocycles. The van der Waals surface area contributed by atoms with Crippen LogP contribution >= 0.6 is 0 Å². The predicted octanol–water partition coefficient (Wildman–Crippen LogP) is 2.37. The molecule has 8 nitrogen and oxygen atoms in total. The number of hydrogen-bond donors (Lipinski definition) is 0. The van der Waals surface area contributed by atoms with E-state index < -0.39 is 0 Å². The first-order valence-electron chi connectivity index (χ1n) is 8.55. The van der Waals surface area contributed by atoms with Gasteiger partial charge in [-0.3, -0.25) is 4.90 Å². The second-order valence-electron chi connectivity index (χ2n) is 6.35. The fourth-order valence-electron chi connectivity index (χ4n) is 3.31. The minimum Gasteiger partial charge on any atom is -0.493 e. The summed E-state index contributed by atoms with van der Waals surface area (Å²) in [5.41, 5.74) is 0.684. The summed E-state index contributed by atoms with van der Waals surface area (Å²) in [7, 11) is 4.71. The Bertz CT molecular complexity index is 738. The van der Waals surface area contributed by atoms with E-state index in [2.05, 4.69) is 28.9 Å². The van der Waals surface area contributed by atoms with Crippen molar-refractivity contribution in [1.29, 1.82) is 0 Å². The number of morpholine rings is 1. The molecule has 0 N–H and O–H groups in total. The molecule has 1 aliphatic heterocycles. The van der Waals surface area contributed by atoms with Crippen molar-refractivity contribution >= 4 is 0 Å². The lowest BCUT2D eigenvalue weighted by Gasteiger charge is -2.34. The lowest BCUT2D eigenvalue weighted by molar-refractivity contribution is -0.0725. The van der Waals surface area contributed by atoms with Gasteiger partial charge in [0.15, 0.2) is 11.5 Å². The van der Waals surface area contributed by atoms with Gasteiger partial charge in [-0.05, 0) is 26.0 Å². The molecule has 2 atom stereocenters. The molecular weight excluding hydrogens is 338 g/mol. The third kappa shape index (κ3) is 3.76. The predicted molar refractivity (Wildman–Crippen MR) is 94.7 cm³/mol. The Morgan fingerprint density at radius 2 is 1.73 bits per heavy atom. The van der Waals surface area contributed by atoms with Crippen molar-refractivity contribution in [2.45, 2.75) is 32.6 Å². The molecule has 26 heavy (non-hydrogen) atoms. The van der Waals surface area contributed by atoms with Crippen LogP contribution in [0.5, 0.6) is 17.2 Å². The molecule has 0 saturated carbocycles. The summed E-state index contributed by atoms with van der Waals surface area (Å²) in [5, 5.41) is 4.11. The summed E-state index contributed by atoms with van der Waals surface area (Å²) in [4.78, 5) is 6.78. The summed E-state index contributed by atoms with van der Waals surface area (Å²) in [6.45, 7) is 6.39. The number of nitrogens with zero attached hydrogens (tertiary/aromatic N) is 3. The molecule has 2 aromatic rings. The molecule has 0 spiro atoms. The Labute approximate surface area is 153 Å². The van der Waals surface area contributed by atoms with Gasteiger partial charge in [-0.25, -0.2) is 0 Å². The summed E-state index contributed by atoms with van der Waals surface area (Å²) in [6, 6.07) is 3.62. The maximum Gasteiger partial charge on any atom is 0.241 e. The van der Waals surface area contributed by atoms with Gasteiger partial charge in [-0.2, -0.15) is 4.98 Å². The zero-order chi connectivity index (χ0) is 18.7. The van der Waals surface area contributed by atoms with Gasteiger partial charge in [0.05, 0.1) is 45.6 Å². The second kappa shape index (κ2) is 7.92. The van der Waals surface area contributed by atoms with Crippen LogP contribution in [0.25, 0.3) is 11.4 Å². The fourth-order valence-corrected chi connectivity index (χ4v) is 3.31. The first-order chi connectivity index (χ1) is 12.5. The number of rotatable bonds is 6. The van der Waals surface area contributed by atoms with Gasteiger partial charge in [0, 0.05) is 13.1 Å². The molecular formula is C18H25N3O5. The molecule has 1 aliphatic rings. The van der Waals surface area contributed by atoms with Crippen LogP contribution in [-0.4, -0.2) is 61.7 Å². The number of methoxy groups -OCH3 is 3. The first-order valence-corrected chi connectivity index (χ1v) is 8.55. The van der Waals surface area contributed by atoms with E-state index in [1.54, 1.807) is 27.4 Å². The quantitative estimate of drug-likeness (QED) is 0.774. The molecule has 3 rings (SSSR count). The molecule has 0 radical (unpaired) electrons. The SMILES string of the molecule is COc1ccc(-c2noc(CN3CC(C)OC(C)C3)n2)c(OC)c1OC. The van der Waals surface area contributed by atoms with E-state index >= 15 is 0 Å². The third-order valence-electron chi connectivity index (χ3n) is 4.27. The highest BCUT2D eigenvalue weighted by atomic mass is 16.5. The van der Waals surface area contributed by atoms with E-state index in [0.29, 0.717) is 41.1 Å². The molecule has 142 valence electrons. The van der Waals surface area contributed by atoms with Gasteiger partial charge in [0.25, 0.3) is 0 Å². The highest BCUT2D eigenvalue weighted by molar-refractivity contribution is 5.71. The van der Waals surface area contributed by atoms with E-state index in [1.807, 2.05) is 6.07 Å². The molecule has 0 aliphatic carbocycles. The minimum absolute atomic E-state index is 0.187. The van der Waals surface area contributed by atoms with Crippen LogP contribution < -0.4 is 14.2 Å². The topological polar surface area (TPSA) is 79.1 Å². The summed E-state index contributed by atoms with van der Waals surface area (Å²) >= 11 is 0. The molecule has 0 bridgehead atoms. The van der Waals surface area contributed by atoms with Crippen molar-refractivity contribution in [2.75, 3.05) is 34.4 Å². The van der Waals surface area contributed by atoms with Crippen molar-refractivity contribution in [1.82, 2.24) is 15.0 Å². The molecule has 2 unspecified atom stereocenters. The van der Waals surface area contributed by atoms with Crippen molar-refractivity contribution in [3.8, 4) is 28.6 Å². The van der Waals surface area contributed by atoms with Crippen LogP contribution in [0.3, 0.4) is 0 Å². The molecule has 1 fully saturated rings. The van der Waals surface area contributed by atoms with E-state index in [4.69, 9.17) is 23.5 Å². The zero-order valence-corrected chi connectivity index (χ0v) is 15.8. The normalized spacial score (nSPS) is 20.8. The molecule has 2 heterocycles. The van der Waals surface area contributed by atoms with Gasteiger partial charge in [-0.1, -0.05) is 5.16 Å². The summed E-state index contributed by atoms with van der Waals surface area (Å²) in [6.07, 6.45) is 0.374. The van der Waals surface area contributed by atoms with Crippen LogP contribution in [0.15, 0.2) is 16.7 Å². The van der Waals surface area contributed by atoms with Crippen LogP contribution in [0, 0.1) is 0 Å². The highest BCUT2D eigenvalue weighted by Crippen LogP contribution is 2.43. The molecule has 1 saturated heterocycles. The van der Waals surface area contributed by atoms with E-state index in [9.17, 15) is 0 Å². The largest absolute Gasteiger partial charge is 0.493 e. The lowest BCUT2D eigenvalue weighted by Crippen LogP contribution is -2.44. The number of benzene rings is 1. The maximum absolute atomic E-state index is 5.76. The number of ether oxygens (including phenoxy) is 4. The maximum atomic E-state index is 5.76. The Balaban J connectivity index is 1.83. The minimum atomic E-state index is 0.187. The molecule has 8 heteroatoms. The van der Waals surface area contributed by atoms with Crippen LogP contribution in [0.1, 0.15) is 19.7 Å². The first kappa shape index (κ1) is 18.5. The van der Waals surface area contributed by atoms with Gasteiger partial charge in [-0.15, -0.1) is 0 Å². The molecule has 0 amide bonds. The zero-order valence-electron chi connectivity index (χ0n) is 15.8. The van der Waals surface area contributed by atoms with Crippen molar-refractivity contribution in [3.63, 3.8) is 0 Å². The molecule has 1 aromatic carbocycles. The Hall–Kier alpha value is -2.32.